The quantitative estimate of drug-likeness (QED) is 0.833. The summed E-state index contributed by atoms with van der Waals surface area (Å²) in [5.41, 5.74) is 2.33. The van der Waals surface area contributed by atoms with Crippen LogP contribution in [-0.4, -0.2) is 44.2 Å². The third-order valence-electron chi connectivity index (χ3n) is 6.06. The number of methoxy groups -OCH3 is 1. The number of carbonyl (C=O) groups excluding carboxylic acids is 1. The van der Waals surface area contributed by atoms with Gasteiger partial charge >= 0.3 is 0 Å². The first-order chi connectivity index (χ1) is 14.2. The molecule has 6 heteroatoms. The highest BCUT2D eigenvalue weighted by molar-refractivity contribution is 5.91. The van der Waals surface area contributed by atoms with Gasteiger partial charge in [-0.25, -0.2) is 4.98 Å². The third kappa shape index (κ3) is 4.81. The first-order valence-electron chi connectivity index (χ1n) is 10.6. The highest BCUT2D eigenvalue weighted by Gasteiger charge is 2.22. The van der Waals surface area contributed by atoms with Crippen molar-refractivity contribution < 1.29 is 9.53 Å². The average molecular weight is 395 g/mol. The van der Waals surface area contributed by atoms with Crippen LogP contribution >= 0.6 is 0 Å². The van der Waals surface area contributed by atoms with Crippen LogP contribution < -0.4 is 19.9 Å². The van der Waals surface area contributed by atoms with Gasteiger partial charge in [0.05, 0.1) is 19.0 Å². The molecule has 2 heterocycles. The Labute approximate surface area is 172 Å². The largest absolute Gasteiger partial charge is 0.497 e. The molecule has 0 radical (unpaired) electrons. The minimum Gasteiger partial charge on any atom is -0.497 e. The lowest BCUT2D eigenvalue weighted by molar-refractivity contribution is -0.120. The van der Waals surface area contributed by atoms with Crippen LogP contribution in [0.15, 0.2) is 42.6 Å². The minimum absolute atomic E-state index is 0.123. The predicted octanol–water partition coefficient (Wildman–Crippen LogP) is 3.94. The van der Waals surface area contributed by atoms with E-state index < -0.39 is 0 Å². The maximum atomic E-state index is 12.4. The number of amides is 1. The minimum atomic E-state index is 0.123. The molecule has 1 aliphatic heterocycles. The Bertz CT molecular complexity index is 793. The van der Waals surface area contributed by atoms with Gasteiger partial charge in [-0.3, -0.25) is 4.79 Å². The zero-order chi connectivity index (χ0) is 20.1. The van der Waals surface area contributed by atoms with Crippen molar-refractivity contribution in [2.75, 3.05) is 48.4 Å². The van der Waals surface area contributed by atoms with Gasteiger partial charge in [0.2, 0.25) is 5.91 Å². The molecule has 1 aromatic heterocycles. The van der Waals surface area contributed by atoms with Crippen LogP contribution in [0.5, 0.6) is 5.75 Å². The molecule has 1 aliphatic carbocycles. The molecule has 0 bridgehead atoms. The number of ether oxygens (including phenoxy) is 1. The van der Waals surface area contributed by atoms with Crippen LogP contribution in [-0.2, 0) is 4.79 Å². The van der Waals surface area contributed by atoms with Crippen molar-refractivity contribution in [2.24, 2.45) is 5.92 Å². The number of nitrogens with one attached hydrogen (secondary N) is 1. The summed E-state index contributed by atoms with van der Waals surface area (Å²) in [5.74, 6) is 1.81. The molecule has 4 rings (SSSR count). The molecule has 1 amide bonds. The van der Waals surface area contributed by atoms with Crippen molar-refractivity contribution in [2.45, 2.75) is 32.1 Å². The molecule has 1 saturated carbocycles. The number of benzene rings is 1. The molecular formula is C23H30N4O2. The molecular weight excluding hydrogens is 364 g/mol. The van der Waals surface area contributed by atoms with Crippen molar-refractivity contribution in [3.05, 3.63) is 42.6 Å². The van der Waals surface area contributed by atoms with Crippen molar-refractivity contribution in [3.8, 4) is 5.75 Å². The zero-order valence-corrected chi connectivity index (χ0v) is 17.1. The summed E-state index contributed by atoms with van der Waals surface area (Å²) in [6, 6.07) is 12.2. The number of hydrogen-bond donors (Lipinski definition) is 1. The number of pyridine rings is 1. The van der Waals surface area contributed by atoms with Gasteiger partial charge in [0.1, 0.15) is 11.6 Å². The van der Waals surface area contributed by atoms with Gasteiger partial charge in [0, 0.05) is 37.8 Å². The predicted molar refractivity (Wildman–Crippen MR) is 117 cm³/mol. The van der Waals surface area contributed by atoms with E-state index in [-0.39, 0.29) is 11.8 Å². The van der Waals surface area contributed by atoms with Gasteiger partial charge in [-0.15, -0.1) is 0 Å². The normalized spacial score (nSPS) is 17.8. The smallest absolute Gasteiger partial charge is 0.228 e. The maximum absolute atomic E-state index is 12.4. The number of hydrogen-bond acceptors (Lipinski definition) is 5. The molecule has 0 unspecified atom stereocenters. The lowest BCUT2D eigenvalue weighted by Crippen LogP contribution is -2.46. The number of rotatable bonds is 5. The van der Waals surface area contributed by atoms with E-state index in [9.17, 15) is 4.79 Å². The zero-order valence-electron chi connectivity index (χ0n) is 17.1. The first kappa shape index (κ1) is 19.6. The van der Waals surface area contributed by atoms with Gasteiger partial charge in [-0.2, -0.15) is 0 Å². The molecule has 2 fully saturated rings. The standard InChI is InChI=1S/C23H30N4O2/c1-29-21-10-7-19(8-11-21)26-13-15-27(16-14-26)20-9-12-22(24-17-20)25-23(28)18-5-3-2-4-6-18/h7-12,17-18H,2-6,13-16H2,1H3,(H,24,25,28). The Morgan fingerprint density at radius 3 is 2.14 bits per heavy atom. The number of aromatic nitrogens is 1. The number of anilines is 3. The summed E-state index contributed by atoms with van der Waals surface area (Å²) in [5, 5.41) is 2.99. The second-order valence-electron chi connectivity index (χ2n) is 7.90. The average Bonchev–Trinajstić information content (AvgIpc) is 2.80. The topological polar surface area (TPSA) is 57.7 Å². The highest BCUT2D eigenvalue weighted by Crippen LogP contribution is 2.26. The van der Waals surface area contributed by atoms with E-state index in [4.69, 9.17) is 4.74 Å². The summed E-state index contributed by atoms with van der Waals surface area (Å²) < 4.78 is 5.24. The van der Waals surface area contributed by atoms with E-state index in [1.807, 2.05) is 24.4 Å². The second kappa shape index (κ2) is 9.16. The Kier molecular flexibility index (Phi) is 6.17. The molecule has 154 valence electrons. The summed E-state index contributed by atoms with van der Waals surface area (Å²) >= 11 is 0. The van der Waals surface area contributed by atoms with E-state index in [1.54, 1.807) is 7.11 Å². The molecule has 0 atom stereocenters. The fourth-order valence-electron chi connectivity index (χ4n) is 4.26. The van der Waals surface area contributed by atoms with Crippen molar-refractivity contribution in [1.82, 2.24) is 4.98 Å². The van der Waals surface area contributed by atoms with Crippen LogP contribution in [0.1, 0.15) is 32.1 Å². The number of nitrogens with zero attached hydrogens (tertiary/aromatic N) is 3. The SMILES string of the molecule is COc1ccc(N2CCN(c3ccc(NC(=O)C4CCCCC4)nc3)CC2)cc1. The molecule has 6 nitrogen and oxygen atoms in total. The molecule has 29 heavy (non-hydrogen) atoms. The Balaban J connectivity index is 1.30. The van der Waals surface area contributed by atoms with Crippen molar-refractivity contribution in [3.63, 3.8) is 0 Å². The summed E-state index contributed by atoms with van der Waals surface area (Å²) in [4.78, 5) is 21.6. The van der Waals surface area contributed by atoms with Crippen LogP contribution in [0.25, 0.3) is 0 Å². The molecule has 2 aromatic rings. The fourth-order valence-corrected chi connectivity index (χ4v) is 4.26. The maximum Gasteiger partial charge on any atom is 0.228 e. The van der Waals surface area contributed by atoms with Crippen molar-refractivity contribution >= 4 is 23.1 Å². The lowest BCUT2D eigenvalue weighted by Gasteiger charge is -2.37. The van der Waals surface area contributed by atoms with Gasteiger partial charge in [-0.1, -0.05) is 19.3 Å². The van der Waals surface area contributed by atoms with Crippen molar-refractivity contribution in [1.29, 1.82) is 0 Å². The monoisotopic (exact) mass is 394 g/mol. The molecule has 2 aliphatic rings. The first-order valence-corrected chi connectivity index (χ1v) is 10.6. The van der Waals surface area contributed by atoms with Crippen LogP contribution in [0, 0.1) is 5.92 Å². The van der Waals surface area contributed by atoms with E-state index >= 15 is 0 Å². The highest BCUT2D eigenvalue weighted by atomic mass is 16.5. The fraction of sp³-hybridized carbons (Fsp3) is 0.478. The molecule has 1 aromatic carbocycles. The number of piperazine rings is 1. The summed E-state index contributed by atoms with van der Waals surface area (Å²) in [7, 11) is 1.69. The van der Waals surface area contributed by atoms with Gasteiger partial charge in [0.15, 0.2) is 0 Å². The molecule has 1 saturated heterocycles. The third-order valence-corrected chi connectivity index (χ3v) is 6.06. The van der Waals surface area contributed by atoms with Crippen LogP contribution in [0.3, 0.4) is 0 Å². The second-order valence-corrected chi connectivity index (χ2v) is 7.90. The van der Waals surface area contributed by atoms with Crippen LogP contribution in [0.4, 0.5) is 17.2 Å². The summed E-state index contributed by atoms with van der Waals surface area (Å²) in [6.45, 7) is 3.82. The van der Waals surface area contributed by atoms with Gasteiger partial charge < -0.3 is 19.9 Å². The van der Waals surface area contributed by atoms with Gasteiger partial charge in [0.25, 0.3) is 0 Å². The van der Waals surface area contributed by atoms with Gasteiger partial charge in [-0.05, 0) is 49.2 Å². The van der Waals surface area contributed by atoms with E-state index in [2.05, 4.69) is 38.3 Å². The Morgan fingerprint density at radius 1 is 0.931 bits per heavy atom. The molecule has 1 N–H and O–H groups in total. The van der Waals surface area contributed by atoms with E-state index in [0.717, 1.165) is 63.3 Å². The summed E-state index contributed by atoms with van der Waals surface area (Å²) in [6.07, 6.45) is 7.45. The Hall–Kier alpha value is -2.76. The number of carbonyl (C=O) groups is 1. The van der Waals surface area contributed by atoms with E-state index in [0.29, 0.717) is 5.82 Å². The lowest BCUT2D eigenvalue weighted by atomic mass is 9.89. The molecule has 0 spiro atoms. The van der Waals surface area contributed by atoms with Crippen LogP contribution in [0.2, 0.25) is 0 Å². The van der Waals surface area contributed by atoms with E-state index in [1.165, 1.54) is 12.1 Å². The Morgan fingerprint density at radius 2 is 1.55 bits per heavy atom.